The zero-order chi connectivity index (χ0) is 32.6. The molecule has 0 spiro atoms. The molecule has 42 heavy (non-hydrogen) atoms. The first-order chi connectivity index (χ1) is 19.0. The van der Waals surface area contributed by atoms with Gasteiger partial charge in [0.1, 0.15) is 5.82 Å². The van der Waals surface area contributed by atoms with Gasteiger partial charge in [0.15, 0.2) is 0 Å². The number of carboxylic acids is 1. The Kier molecular flexibility index (Phi) is 13.2. The minimum absolute atomic E-state index is 0.0670. The molecule has 10 nitrogen and oxygen atoms in total. The van der Waals surface area contributed by atoms with Crippen LogP contribution >= 0.6 is 0 Å². The van der Waals surface area contributed by atoms with Gasteiger partial charge in [-0.25, -0.2) is 27.1 Å². The molecule has 2 aromatic rings. The van der Waals surface area contributed by atoms with E-state index in [0.717, 1.165) is 10.6 Å². The highest BCUT2D eigenvalue weighted by molar-refractivity contribution is 7.92. The highest BCUT2D eigenvalue weighted by Gasteiger charge is 2.24. The lowest BCUT2D eigenvalue weighted by Gasteiger charge is -2.25. The van der Waals surface area contributed by atoms with E-state index in [9.17, 15) is 32.9 Å². The molecule has 5 N–H and O–H groups in total. The van der Waals surface area contributed by atoms with Gasteiger partial charge in [0, 0.05) is 43.4 Å². The third kappa shape index (κ3) is 13.4. The number of anilines is 1. The summed E-state index contributed by atoms with van der Waals surface area (Å²) >= 11 is 0. The highest BCUT2D eigenvalue weighted by atomic mass is 32.2. The first kappa shape index (κ1) is 37.1. The van der Waals surface area contributed by atoms with Gasteiger partial charge in [0.25, 0.3) is 0 Å². The lowest BCUT2D eigenvalue weighted by atomic mass is 9.82. The van der Waals surface area contributed by atoms with Gasteiger partial charge in [-0.05, 0) is 49.4 Å². The summed E-state index contributed by atoms with van der Waals surface area (Å²) < 4.78 is 38.6. The number of aromatic nitrogens is 2. The van der Waals surface area contributed by atoms with Crippen LogP contribution in [0.3, 0.4) is 0 Å². The van der Waals surface area contributed by atoms with E-state index in [0.29, 0.717) is 27.9 Å². The second-order valence-corrected chi connectivity index (χ2v) is 14.9. The Labute approximate surface area is 249 Å². The predicted octanol–water partition coefficient (Wildman–Crippen LogP) is 2.51. The van der Waals surface area contributed by atoms with E-state index < -0.39 is 40.4 Å². The highest BCUT2D eigenvalue weighted by Crippen LogP contribution is 2.32. The molecule has 0 saturated heterocycles. The number of aliphatic hydroxyl groups is 2. The minimum Gasteiger partial charge on any atom is -0.550 e. The maximum atomic E-state index is 13.5. The van der Waals surface area contributed by atoms with Crippen molar-refractivity contribution in [2.24, 2.45) is 5.41 Å². The van der Waals surface area contributed by atoms with Crippen LogP contribution < -0.4 is 15.1 Å². The molecule has 0 bridgehead atoms. The SMILES string of the molecule is CC(C)(C)CC(C)(C)[NH3+].CC(C)c1nc(N(C)S(C)(=O)=O)nc(-c2ccc(F)cc2)c1C=CC(O)CC(O)CC(=O)[O-]. The second kappa shape index (κ2) is 15.0. The van der Waals surface area contributed by atoms with E-state index in [4.69, 9.17) is 0 Å². The number of halogens is 1. The minimum atomic E-state index is -3.66. The average molecular weight is 611 g/mol. The maximum Gasteiger partial charge on any atom is 0.239 e. The van der Waals surface area contributed by atoms with Crippen LogP contribution in [0.5, 0.6) is 0 Å². The van der Waals surface area contributed by atoms with E-state index in [1.165, 1.54) is 49.9 Å². The van der Waals surface area contributed by atoms with Gasteiger partial charge in [0.2, 0.25) is 16.0 Å². The van der Waals surface area contributed by atoms with Crippen molar-refractivity contribution in [3.8, 4) is 11.3 Å². The fourth-order valence-electron chi connectivity index (χ4n) is 4.47. The van der Waals surface area contributed by atoms with E-state index in [1.54, 1.807) is 0 Å². The molecule has 0 aliphatic rings. The van der Waals surface area contributed by atoms with Crippen LogP contribution in [0.1, 0.15) is 84.9 Å². The van der Waals surface area contributed by atoms with E-state index in [2.05, 4.69) is 50.3 Å². The van der Waals surface area contributed by atoms with Gasteiger partial charge in [-0.2, -0.15) is 0 Å². The van der Waals surface area contributed by atoms with Crippen molar-refractivity contribution < 1.29 is 38.7 Å². The molecule has 0 fully saturated rings. The summed E-state index contributed by atoms with van der Waals surface area (Å²) in [5.41, 5.74) is 6.47. The number of sulfonamides is 1. The Balaban J connectivity index is 0.000000844. The number of quaternary nitrogens is 1. The molecule has 2 unspecified atom stereocenters. The Hall–Kier alpha value is -2.93. The number of nitrogens with zero attached hydrogens (tertiary/aromatic N) is 3. The average Bonchev–Trinajstić information content (AvgIpc) is 2.79. The zero-order valence-electron chi connectivity index (χ0n) is 26.2. The van der Waals surface area contributed by atoms with Gasteiger partial charge in [-0.1, -0.05) is 46.8 Å². The fraction of sp³-hybridized carbons (Fsp3) is 0.567. The molecular weight excluding hydrogens is 563 g/mol. The lowest BCUT2D eigenvalue weighted by Crippen LogP contribution is -2.70. The van der Waals surface area contributed by atoms with E-state index >= 15 is 0 Å². The first-order valence-electron chi connectivity index (χ1n) is 13.7. The van der Waals surface area contributed by atoms with Crippen LogP contribution in [0.2, 0.25) is 0 Å². The number of hydrogen-bond acceptors (Lipinski definition) is 8. The summed E-state index contributed by atoms with van der Waals surface area (Å²) in [6.45, 7) is 14.8. The molecule has 0 saturated carbocycles. The summed E-state index contributed by atoms with van der Waals surface area (Å²) in [6.07, 6.45) is 1.76. The molecule has 12 heteroatoms. The summed E-state index contributed by atoms with van der Waals surface area (Å²) in [7, 11) is -2.34. The smallest absolute Gasteiger partial charge is 0.239 e. The topological polar surface area (TPSA) is 171 Å². The number of aliphatic carboxylic acids is 1. The van der Waals surface area contributed by atoms with Crippen molar-refractivity contribution >= 4 is 28.0 Å². The third-order valence-corrected chi connectivity index (χ3v) is 6.97. The molecule has 0 aliphatic carbocycles. The molecule has 0 amide bonds. The monoisotopic (exact) mass is 610 g/mol. The molecule has 2 atom stereocenters. The van der Waals surface area contributed by atoms with Crippen LogP contribution in [0.4, 0.5) is 10.3 Å². The van der Waals surface area contributed by atoms with Gasteiger partial charge >= 0.3 is 0 Å². The lowest BCUT2D eigenvalue weighted by molar-refractivity contribution is -0.470. The molecule has 1 aromatic carbocycles. The van der Waals surface area contributed by atoms with Crippen molar-refractivity contribution in [1.82, 2.24) is 9.97 Å². The van der Waals surface area contributed by atoms with Gasteiger partial charge < -0.3 is 25.8 Å². The van der Waals surface area contributed by atoms with Crippen LogP contribution in [-0.4, -0.2) is 65.6 Å². The molecule has 2 rings (SSSR count). The van der Waals surface area contributed by atoms with E-state index in [-0.39, 0.29) is 23.8 Å². The fourth-order valence-corrected chi connectivity index (χ4v) is 4.85. The van der Waals surface area contributed by atoms with Gasteiger partial charge in [0.05, 0.1) is 35.4 Å². The normalized spacial score (nSPS) is 14.0. The van der Waals surface area contributed by atoms with Gasteiger partial charge in [-0.15, -0.1) is 0 Å². The standard InChI is InChI=1S/C22H28FN3O6S.C8H19N/c1-13(2)20-18(10-9-16(27)11-17(28)12-19(29)30)21(14-5-7-15(23)8-6-14)25-22(24-20)26(3)33(4,31)32;1-7(2,3)6-8(4,5)9/h5-10,13,16-17,27-28H,11-12H2,1-4H3,(H,29,30);6,9H2,1-5H3. The van der Waals surface area contributed by atoms with Crippen LogP contribution in [0.15, 0.2) is 30.3 Å². The van der Waals surface area contributed by atoms with Crippen molar-refractivity contribution in [2.75, 3.05) is 17.6 Å². The second-order valence-electron chi connectivity index (χ2n) is 12.9. The van der Waals surface area contributed by atoms with Crippen molar-refractivity contribution in [1.29, 1.82) is 0 Å². The van der Waals surface area contributed by atoms with Crippen LogP contribution in [0, 0.1) is 11.2 Å². The molecule has 1 aromatic heterocycles. The number of carbonyl (C=O) groups excluding carboxylic acids is 1. The third-order valence-electron chi connectivity index (χ3n) is 5.82. The Bertz CT molecular complexity index is 1310. The molecule has 1 heterocycles. The van der Waals surface area contributed by atoms with Crippen molar-refractivity contribution in [3.05, 3.63) is 47.4 Å². The van der Waals surface area contributed by atoms with Crippen molar-refractivity contribution in [3.63, 3.8) is 0 Å². The number of rotatable bonds is 11. The molecule has 0 aliphatic heterocycles. The molecular formula is C30H47FN4O6S. The molecule has 0 radical (unpaired) electrons. The Morgan fingerprint density at radius 3 is 2.07 bits per heavy atom. The summed E-state index contributed by atoms with van der Waals surface area (Å²) in [5.74, 6) is -2.14. The Morgan fingerprint density at radius 1 is 1.12 bits per heavy atom. The first-order valence-corrected chi connectivity index (χ1v) is 15.6. The number of aliphatic hydroxyl groups excluding tert-OH is 2. The zero-order valence-corrected chi connectivity index (χ0v) is 27.0. The summed E-state index contributed by atoms with van der Waals surface area (Å²) in [6, 6.07) is 5.46. The van der Waals surface area contributed by atoms with Crippen LogP contribution in [-0.2, 0) is 14.8 Å². The number of hydrogen-bond donors (Lipinski definition) is 3. The van der Waals surface area contributed by atoms with Crippen LogP contribution in [0.25, 0.3) is 17.3 Å². The van der Waals surface area contributed by atoms with Crippen molar-refractivity contribution in [2.45, 2.75) is 91.4 Å². The largest absolute Gasteiger partial charge is 0.550 e. The number of carbonyl (C=O) groups is 1. The summed E-state index contributed by atoms with van der Waals surface area (Å²) in [4.78, 5) is 19.4. The predicted molar refractivity (Wildman–Crippen MR) is 161 cm³/mol. The quantitative estimate of drug-likeness (QED) is 0.348. The summed E-state index contributed by atoms with van der Waals surface area (Å²) in [5, 5.41) is 30.6. The van der Waals surface area contributed by atoms with E-state index in [1.807, 2.05) is 13.8 Å². The number of carboxylic acid groups (broad SMARTS) is 1. The van der Waals surface area contributed by atoms with Gasteiger partial charge in [-0.3, -0.25) is 0 Å². The molecule has 236 valence electrons. The maximum absolute atomic E-state index is 13.5. The number of benzene rings is 1. The Morgan fingerprint density at radius 2 is 1.67 bits per heavy atom.